The third-order valence-electron chi connectivity index (χ3n) is 5.60. The molecule has 4 rings (SSSR count). The lowest BCUT2D eigenvalue weighted by Crippen LogP contribution is -2.07. The van der Waals surface area contributed by atoms with Crippen LogP contribution in [0.4, 0.5) is 0 Å². The van der Waals surface area contributed by atoms with Crippen molar-refractivity contribution in [2.75, 3.05) is 0 Å². The minimum atomic E-state index is -0.919. The van der Waals surface area contributed by atoms with Gasteiger partial charge in [0.2, 0.25) is 0 Å². The molecule has 0 fully saturated rings. The van der Waals surface area contributed by atoms with Gasteiger partial charge in [-0.05, 0) is 43.0 Å². The molecule has 0 aliphatic rings. The molecule has 1 N–H and O–H groups in total. The average molecular weight is 415 g/mol. The number of carboxylic acids is 1. The molecule has 0 aliphatic heterocycles. The average Bonchev–Trinajstić information content (AvgIpc) is 3.14. The summed E-state index contributed by atoms with van der Waals surface area (Å²) in [5, 5.41) is 18.0. The molecule has 6 heteroatoms. The van der Waals surface area contributed by atoms with Crippen molar-refractivity contribution >= 4 is 17.0 Å². The zero-order valence-electron chi connectivity index (χ0n) is 18.1. The summed E-state index contributed by atoms with van der Waals surface area (Å²) in [5.74, 6) is 0.134. The second-order valence-electron chi connectivity index (χ2n) is 7.83. The van der Waals surface area contributed by atoms with E-state index >= 15 is 0 Å². The van der Waals surface area contributed by atoms with E-state index in [1.165, 1.54) is 0 Å². The van der Waals surface area contributed by atoms with E-state index in [4.69, 9.17) is 4.98 Å². The Bertz CT molecular complexity index is 1240. The molecule has 4 aromatic rings. The Balaban J connectivity index is 1.72. The van der Waals surface area contributed by atoms with Crippen molar-refractivity contribution in [3.8, 4) is 11.1 Å². The maximum Gasteiger partial charge on any atom is 0.336 e. The predicted octanol–water partition coefficient (Wildman–Crippen LogP) is 5.20. The predicted molar refractivity (Wildman–Crippen MR) is 121 cm³/mol. The van der Waals surface area contributed by atoms with Crippen LogP contribution in [0.15, 0.2) is 48.5 Å². The third-order valence-corrected chi connectivity index (χ3v) is 5.60. The molecule has 158 valence electrons. The molecule has 0 atom stereocenters. The van der Waals surface area contributed by atoms with E-state index in [0.29, 0.717) is 12.1 Å². The monoisotopic (exact) mass is 414 g/mol. The van der Waals surface area contributed by atoms with Crippen LogP contribution in [0, 0.1) is 13.8 Å². The van der Waals surface area contributed by atoms with Gasteiger partial charge in [-0.3, -0.25) is 0 Å². The Morgan fingerprint density at radius 3 is 2.42 bits per heavy atom. The lowest BCUT2D eigenvalue weighted by molar-refractivity contribution is 0.0697. The standard InChI is InChI=1S/C25H26N4O2/c1-4-5-10-22-26-23-16(2)27-28-17(3)24(23)29(22)15-18-11-13-19(14-12-18)20-8-6-7-9-21(20)25(30)31/h6-9,11-14H,4-5,10,15H2,1-3H3,(H,30,31). The Morgan fingerprint density at radius 2 is 1.71 bits per heavy atom. The molecule has 2 aromatic carbocycles. The molecule has 0 spiro atoms. The topological polar surface area (TPSA) is 80.9 Å². The van der Waals surface area contributed by atoms with Gasteiger partial charge < -0.3 is 9.67 Å². The molecule has 0 bridgehead atoms. The number of rotatable bonds is 7. The van der Waals surface area contributed by atoms with Crippen molar-refractivity contribution in [2.45, 2.75) is 46.6 Å². The van der Waals surface area contributed by atoms with Crippen LogP contribution < -0.4 is 0 Å². The molecule has 0 aliphatic carbocycles. The van der Waals surface area contributed by atoms with Crippen LogP contribution in [0.3, 0.4) is 0 Å². The number of aromatic nitrogens is 4. The molecule has 0 amide bonds. The maximum absolute atomic E-state index is 11.6. The first kappa shape index (κ1) is 20.7. The first-order valence-corrected chi connectivity index (χ1v) is 10.6. The lowest BCUT2D eigenvalue weighted by atomic mass is 9.99. The fourth-order valence-corrected chi connectivity index (χ4v) is 3.95. The summed E-state index contributed by atoms with van der Waals surface area (Å²) in [4.78, 5) is 16.5. The van der Waals surface area contributed by atoms with Crippen molar-refractivity contribution < 1.29 is 9.90 Å². The number of unbranched alkanes of at least 4 members (excludes halogenated alkanes) is 1. The smallest absolute Gasteiger partial charge is 0.336 e. The number of nitrogens with zero attached hydrogens (tertiary/aromatic N) is 4. The van der Waals surface area contributed by atoms with Crippen LogP contribution in [0.5, 0.6) is 0 Å². The van der Waals surface area contributed by atoms with Gasteiger partial charge in [-0.1, -0.05) is 55.8 Å². The Labute approximate surface area is 181 Å². The highest BCUT2D eigenvalue weighted by Crippen LogP contribution is 2.26. The van der Waals surface area contributed by atoms with Crippen LogP contribution in [-0.4, -0.2) is 30.8 Å². The van der Waals surface area contributed by atoms with E-state index in [1.807, 2.05) is 38.1 Å². The van der Waals surface area contributed by atoms with Gasteiger partial charge in [0.15, 0.2) is 0 Å². The number of aromatic carboxylic acids is 1. The van der Waals surface area contributed by atoms with Crippen LogP contribution in [-0.2, 0) is 13.0 Å². The van der Waals surface area contributed by atoms with Crippen molar-refractivity contribution in [1.29, 1.82) is 0 Å². The van der Waals surface area contributed by atoms with E-state index in [0.717, 1.165) is 64.2 Å². The van der Waals surface area contributed by atoms with Gasteiger partial charge in [0.1, 0.15) is 11.3 Å². The van der Waals surface area contributed by atoms with E-state index in [-0.39, 0.29) is 0 Å². The summed E-state index contributed by atoms with van der Waals surface area (Å²) in [7, 11) is 0. The molecule has 0 saturated carbocycles. The van der Waals surface area contributed by atoms with Crippen LogP contribution in [0.2, 0.25) is 0 Å². The summed E-state index contributed by atoms with van der Waals surface area (Å²) in [6.07, 6.45) is 3.09. The Hall–Kier alpha value is -3.54. The zero-order valence-corrected chi connectivity index (χ0v) is 18.1. The molecule has 0 saturated heterocycles. The molecular formula is C25H26N4O2. The van der Waals surface area contributed by atoms with Crippen LogP contribution in [0.25, 0.3) is 22.2 Å². The maximum atomic E-state index is 11.6. The van der Waals surface area contributed by atoms with Gasteiger partial charge in [-0.15, -0.1) is 0 Å². The van der Waals surface area contributed by atoms with Gasteiger partial charge in [0.05, 0.1) is 22.5 Å². The number of aryl methyl sites for hydroxylation is 3. The highest BCUT2D eigenvalue weighted by Gasteiger charge is 2.17. The summed E-state index contributed by atoms with van der Waals surface area (Å²) in [5.41, 5.74) is 6.73. The van der Waals surface area contributed by atoms with Gasteiger partial charge in [-0.25, -0.2) is 9.78 Å². The Morgan fingerprint density at radius 1 is 1.00 bits per heavy atom. The first-order valence-electron chi connectivity index (χ1n) is 10.6. The summed E-state index contributed by atoms with van der Waals surface area (Å²) < 4.78 is 2.25. The minimum Gasteiger partial charge on any atom is -0.478 e. The molecule has 31 heavy (non-hydrogen) atoms. The van der Waals surface area contributed by atoms with Gasteiger partial charge >= 0.3 is 5.97 Å². The molecule has 2 aromatic heterocycles. The molecule has 6 nitrogen and oxygen atoms in total. The normalized spacial score (nSPS) is 11.2. The van der Waals surface area contributed by atoms with Crippen molar-refractivity contribution in [3.63, 3.8) is 0 Å². The SMILES string of the molecule is CCCCc1nc2c(C)nnc(C)c2n1Cc1ccc(-c2ccccc2C(=O)O)cc1. The van der Waals surface area contributed by atoms with Gasteiger partial charge in [0, 0.05) is 13.0 Å². The van der Waals surface area contributed by atoms with E-state index in [2.05, 4.69) is 33.8 Å². The van der Waals surface area contributed by atoms with Crippen molar-refractivity contribution in [2.24, 2.45) is 0 Å². The van der Waals surface area contributed by atoms with Gasteiger partial charge in [0.25, 0.3) is 0 Å². The fraction of sp³-hybridized carbons (Fsp3) is 0.280. The number of carboxylic acid groups (broad SMARTS) is 1. The number of hydrogen-bond donors (Lipinski definition) is 1. The number of fused-ring (bicyclic) bond motifs is 1. The van der Waals surface area contributed by atoms with Gasteiger partial charge in [-0.2, -0.15) is 10.2 Å². The second-order valence-corrected chi connectivity index (χ2v) is 7.83. The lowest BCUT2D eigenvalue weighted by Gasteiger charge is -2.12. The minimum absolute atomic E-state index is 0.308. The zero-order chi connectivity index (χ0) is 22.0. The molecule has 0 radical (unpaired) electrons. The Kier molecular flexibility index (Phi) is 5.80. The number of benzene rings is 2. The van der Waals surface area contributed by atoms with Crippen LogP contribution >= 0.6 is 0 Å². The van der Waals surface area contributed by atoms with E-state index in [9.17, 15) is 9.90 Å². The molecular weight excluding hydrogens is 388 g/mol. The summed E-state index contributed by atoms with van der Waals surface area (Å²) in [6, 6.07) is 15.2. The first-order chi connectivity index (χ1) is 15.0. The quantitative estimate of drug-likeness (QED) is 0.450. The highest BCUT2D eigenvalue weighted by molar-refractivity contribution is 5.96. The van der Waals surface area contributed by atoms with Crippen LogP contribution in [0.1, 0.15) is 52.9 Å². The van der Waals surface area contributed by atoms with E-state index < -0.39 is 5.97 Å². The largest absolute Gasteiger partial charge is 0.478 e. The second kappa shape index (κ2) is 8.68. The number of carbonyl (C=O) groups is 1. The number of imidazole rings is 1. The molecule has 0 unspecified atom stereocenters. The fourth-order valence-electron chi connectivity index (χ4n) is 3.95. The highest BCUT2D eigenvalue weighted by atomic mass is 16.4. The summed E-state index contributed by atoms with van der Waals surface area (Å²) >= 11 is 0. The number of hydrogen-bond acceptors (Lipinski definition) is 4. The summed E-state index contributed by atoms with van der Waals surface area (Å²) in [6.45, 7) is 6.79. The van der Waals surface area contributed by atoms with Crippen molar-refractivity contribution in [1.82, 2.24) is 19.7 Å². The van der Waals surface area contributed by atoms with E-state index in [1.54, 1.807) is 12.1 Å². The molecule has 2 heterocycles. The van der Waals surface area contributed by atoms with Crippen molar-refractivity contribution in [3.05, 3.63) is 76.9 Å². The third kappa shape index (κ3) is 4.06.